The number of nitrogens with zero attached hydrogens (tertiary/aromatic N) is 3. The summed E-state index contributed by atoms with van der Waals surface area (Å²) in [5.74, 6) is 0.506. The lowest BCUT2D eigenvalue weighted by Crippen LogP contribution is -2.48. The molecule has 0 bridgehead atoms. The molecule has 176 valence electrons. The fourth-order valence-electron chi connectivity index (χ4n) is 4.05. The second kappa shape index (κ2) is 8.99. The van der Waals surface area contributed by atoms with Crippen molar-refractivity contribution in [3.05, 3.63) is 46.8 Å². The van der Waals surface area contributed by atoms with Crippen LogP contribution in [0.4, 0.5) is 24.8 Å². The molecule has 0 aromatic carbocycles. The van der Waals surface area contributed by atoms with Gasteiger partial charge in [-0.3, -0.25) is 9.59 Å². The number of rotatable bonds is 5. The van der Waals surface area contributed by atoms with Crippen LogP contribution in [-0.4, -0.2) is 40.9 Å². The molecular formula is C23H26F3N5O2. The third kappa shape index (κ3) is 5.61. The van der Waals surface area contributed by atoms with E-state index in [9.17, 15) is 22.8 Å². The standard InChI is InChI=1S/C23H26F3N5O2/c1-13-8-17(23(24,25)26)11-27-20(13)31-7-3-4-18(12-31)29-22(33)16-9-14(2)28-19(10-16)30-21(32)15-5-6-15/h8-11,15,18H,3-7,12H2,1-2H3,(H,29,33)(H,28,30,32). The Balaban J connectivity index is 1.43. The number of aryl methyl sites for hydroxylation is 2. The first kappa shape index (κ1) is 23.0. The lowest BCUT2D eigenvalue weighted by atomic mass is 10.0. The number of anilines is 2. The Labute approximate surface area is 189 Å². The zero-order chi connectivity index (χ0) is 23.8. The number of alkyl halides is 3. The molecule has 2 aliphatic rings. The zero-order valence-corrected chi connectivity index (χ0v) is 18.5. The fraction of sp³-hybridized carbons (Fsp3) is 0.478. The molecule has 10 heteroatoms. The smallest absolute Gasteiger partial charge is 0.354 e. The minimum Gasteiger partial charge on any atom is -0.354 e. The second-order valence-corrected chi connectivity index (χ2v) is 8.77. The van der Waals surface area contributed by atoms with Crippen molar-refractivity contribution in [2.75, 3.05) is 23.3 Å². The van der Waals surface area contributed by atoms with Gasteiger partial charge in [-0.2, -0.15) is 13.2 Å². The molecule has 0 radical (unpaired) electrons. The first-order chi connectivity index (χ1) is 15.6. The molecule has 0 spiro atoms. The molecule has 2 aromatic rings. The highest BCUT2D eigenvalue weighted by molar-refractivity contribution is 5.97. The van der Waals surface area contributed by atoms with Crippen LogP contribution < -0.4 is 15.5 Å². The summed E-state index contributed by atoms with van der Waals surface area (Å²) in [6, 6.07) is 4.13. The zero-order valence-electron chi connectivity index (χ0n) is 18.5. The average Bonchev–Trinajstić information content (AvgIpc) is 3.58. The van der Waals surface area contributed by atoms with Crippen molar-refractivity contribution in [1.29, 1.82) is 0 Å². The van der Waals surface area contributed by atoms with Crippen LogP contribution >= 0.6 is 0 Å². The molecular weight excluding hydrogens is 435 g/mol. The van der Waals surface area contributed by atoms with Gasteiger partial charge < -0.3 is 15.5 Å². The Bertz CT molecular complexity index is 1070. The van der Waals surface area contributed by atoms with Crippen molar-refractivity contribution in [3.8, 4) is 0 Å². The molecule has 1 aliphatic carbocycles. The molecule has 2 N–H and O–H groups in total. The van der Waals surface area contributed by atoms with Gasteiger partial charge in [0.2, 0.25) is 5.91 Å². The second-order valence-electron chi connectivity index (χ2n) is 8.77. The van der Waals surface area contributed by atoms with E-state index in [0.29, 0.717) is 41.5 Å². The summed E-state index contributed by atoms with van der Waals surface area (Å²) >= 11 is 0. The Morgan fingerprint density at radius 1 is 1.12 bits per heavy atom. The largest absolute Gasteiger partial charge is 0.417 e. The summed E-state index contributed by atoms with van der Waals surface area (Å²) in [7, 11) is 0. The van der Waals surface area contributed by atoms with E-state index >= 15 is 0 Å². The normalized spacial score (nSPS) is 18.7. The molecule has 2 aromatic heterocycles. The first-order valence-electron chi connectivity index (χ1n) is 11.0. The van der Waals surface area contributed by atoms with Gasteiger partial charge in [0.1, 0.15) is 11.6 Å². The SMILES string of the molecule is Cc1cc(C(=O)NC2CCCN(c3ncc(C(F)(F)F)cc3C)C2)cc(NC(=O)C2CC2)n1. The van der Waals surface area contributed by atoms with E-state index in [1.165, 1.54) is 0 Å². The summed E-state index contributed by atoms with van der Waals surface area (Å²) in [4.78, 5) is 35.2. The molecule has 1 saturated carbocycles. The maximum Gasteiger partial charge on any atom is 0.417 e. The van der Waals surface area contributed by atoms with E-state index in [1.807, 2.05) is 4.90 Å². The summed E-state index contributed by atoms with van der Waals surface area (Å²) in [5, 5.41) is 5.77. The van der Waals surface area contributed by atoms with Crippen molar-refractivity contribution in [3.63, 3.8) is 0 Å². The lowest BCUT2D eigenvalue weighted by Gasteiger charge is -2.35. The van der Waals surface area contributed by atoms with E-state index in [2.05, 4.69) is 20.6 Å². The predicted molar refractivity (Wildman–Crippen MR) is 117 cm³/mol. The van der Waals surface area contributed by atoms with Gasteiger partial charge in [0.15, 0.2) is 0 Å². The van der Waals surface area contributed by atoms with Crippen LogP contribution in [0.1, 0.15) is 52.9 Å². The van der Waals surface area contributed by atoms with Gasteiger partial charge >= 0.3 is 6.18 Å². The number of amides is 2. The van der Waals surface area contributed by atoms with Gasteiger partial charge in [-0.1, -0.05) is 0 Å². The predicted octanol–water partition coefficient (Wildman–Crippen LogP) is 3.86. The highest BCUT2D eigenvalue weighted by atomic mass is 19.4. The minimum atomic E-state index is -4.44. The number of hydrogen-bond acceptors (Lipinski definition) is 5. The number of pyridine rings is 2. The molecule has 1 atom stereocenters. The van der Waals surface area contributed by atoms with Crippen LogP contribution in [0.15, 0.2) is 24.4 Å². The highest BCUT2D eigenvalue weighted by Gasteiger charge is 2.32. The van der Waals surface area contributed by atoms with Crippen molar-refractivity contribution in [1.82, 2.24) is 15.3 Å². The monoisotopic (exact) mass is 461 g/mol. The number of carbonyl (C=O) groups is 2. The summed E-state index contributed by atoms with van der Waals surface area (Å²) in [6.45, 7) is 4.46. The number of carbonyl (C=O) groups excluding carboxylic acids is 2. The molecule has 4 rings (SSSR count). The van der Waals surface area contributed by atoms with Crippen LogP contribution in [0, 0.1) is 19.8 Å². The molecule has 3 heterocycles. The topological polar surface area (TPSA) is 87.2 Å². The number of halogens is 3. The van der Waals surface area contributed by atoms with Crippen molar-refractivity contribution >= 4 is 23.5 Å². The van der Waals surface area contributed by atoms with Crippen LogP contribution in [-0.2, 0) is 11.0 Å². The fourth-order valence-corrected chi connectivity index (χ4v) is 4.05. The van der Waals surface area contributed by atoms with Gasteiger partial charge in [0, 0.05) is 42.5 Å². The molecule has 7 nitrogen and oxygen atoms in total. The average molecular weight is 461 g/mol. The van der Waals surface area contributed by atoms with Gasteiger partial charge in [-0.15, -0.1) is 0 Å². The molecule has 1 unspecified atom stereocenters. The van der Waals surface area contributed by atoms with Crippen molar-refractivity contribution in [2.45, 2.75) is 51.7 Å². The van der Waals surface area contributed by atoms with Crippen LogP contribution in [0.3, 0.4) is 0 Å². The maximum atomic E-state index is 12.9. The van der Waals surface area contributed by atoms with Gasteiger partial charge in [0.05, 0.1) is 5.56 Å². The highest BCUT2D eigenvalue weighted by Crippen LogP contribution is 2.32. The summed E-state index contributed by atoms with van der Waals surface area (Å²) in [5.41, 5.74) is 0.680. The lowest BCUT2D eigenvalue weighted by molar-refractivity contribution is -0.137. The van der Waals surface area contributed by atoms with Gasteiger partial charge in [0.25, 0.3) is 5.91 Å². The number of nitrogens with one attached hydrogen (secondary N) is 2. The van der Waals surface area contributed by atoms with E-state index in [1.54, 1.807) is 26.0 Å². The quantitative estimate of drug-likeness (QED) is 0.706. The Morgan fingerprint density at radius 3 is 2.55 bits per heavy atom. The summed E-state index contributed by atoms with van der Waals surface area (Å²) < 4.78 is 38.8. The Morgan fingerprint density at radius 2 is 1.88 bits per heavy atom. The van der Waals surface area contributed by atoms with Crippen molar-refractivity contribution in [2.24, 2.45) is 5.92 Å². The molecule has 2 fully saturated rings. The number of aromatic nitrogens is 2. The molecule has 33 heavy (non-hydrogen) atoms. The van der Waals surface area contributed by atoms with E-state index in [0.717, 1.165) is 37.9 Å². The van der Waals surface area contributed by atoms with Crippen LogP contribution in [0.5, 0.6) is 0 Å². The maximum absolute atomic E-state index is 12.9. The van der Waals surface area contributed by atoms with Crippen LogP contribution in [0.2, 0.25) is 0 Å². The summed E-state index contributed by atoms with van der Waals surface area (Å²) in [6.07, 6.45) is -0.328. The van der Waals surface area contributed by atoms with Gasteiger partial charge in [-0.25, -0.2) is 9.97 Å². The molecule has 2 amide bonds. The van der Waals surface area contributed by atoms with E-state index in [-0.39, 0.29) is 23.8 Å². The van der Waals surface area contributed by atoms with E-state index < -0.39 is 11.7 Å². The van der Waals surface area contributed by atoms with E-state index in [4.69, 9.17) is 0 Å². The van der Waals surface area contributed by atoms with Crippen LogP contribution in [0.25, 0.3) is 0 Å². The molecule has 1 saturated heterocycles. The minimum absolute atomic E-state index is 0.0278. The number of hydrogen-bond donors (Lipinski definition) is 2. The third-order valence-electron chi connectivity index (χ3n) is 5.85. The Kier molecular flexibility index (Phi) is 6.27. The Hall–Kier alpha value is -3.17. The van der Waals surface area contributed by atoms with Gasteiger partial charge in [-0.05, 0) is 63.3 Å². The third-order valence-corrected chi connectivity index (χ3v) is 5.85. The number of piperidine rings is 1. The van der Waals surface area contributed by atoms with Crippen molar-refractivity contribution < 1.29 is 22.8 Å². The first-order valence-corrected chi connectivity index (χ1v) is 11.0. The molecule has 1 aliphatic heterocycles.